The molecule has 3 N–H and O–H groups in total. The van der Waals surface area contributed by atoms with E-state index in [1.54, 1.807) is 31.2 Å². The van der Waals surface area contributed by atoms with E-state index in [1.807, 2.05) is 24.3 Å². The molecule has 1 amide bonds. The van der Waals surface area contributed by atoms with Gasteiger partial charge in [0, 0.05) is 29.8 Å². The number of thiazole rings is 1. The molecule has 0 aliphatic rings. The van der Waals surface area contributed by atoms with Gasteiger partial charge in [-0.2, -0.15) is 0 Å². The van der Waals surface area contributed by atoms with E-state index in [4.69, 9.17) is 5.73 Å². The quantitative estimate of drug-likeness (QED) is 0.492. The zero-order valence-electron chi connectivity index (χ0n) is 17.4. The number of benzene rings is 2. The largest absolute Gasteiger partial charge is 0.465 e. The van der Waals surface area contributed by atoms with Crippen molar-refractivity contribution in [2.24, 2.45) is 0 Å². The number of carbonyl (C=O) groups is 1. The lowest BCUT2D eigenvalue weighted by Gasteiger charge is -2.12. The molecule has 0 atom stereocenters. The molecule has 3 aromatic rings. The van der Waals surface area contributed by atoms with Gasteiger partial charge in [0.2, 0.25) is 0 Å². The number of sulfone groups is 1. The van der Waals surface area contributed by atoms with Crippen LogP contribution in [0.3, 0.4) is 0 Å². The van der Waals surface area contributed by atoms with Crippen LogP contribution < -0.4 is 10.6 Å². The monoisotopic (exact) mass is 459 g/mol. The molecule has 0 radical (unpaired) electrons. The first-order chi connectivity index (χ1) is 14.7. The first-order valence-corrected chi connectivity index (χ1v) is 12.5. The number of carboxylic acid groups (broad SMARTS) is 1. The first kappa shape index (κ1) is 22.8. The van der Waals surface area contributed by atoms with Crippen LogP contribution in [0.15, 0.2) is 53.4 Å². The summed E-state index contributed by atoms with van der Waals surface area (Å²) in [5.74, 6) is 0. The average Bonchev–Trinajstić information content (AvgIpc) is 3.09. The molecule has 0 unspecified atom stereocenters. The standard InChI is InChI=1S/C22H25N3O4S2/c1-3-25(22(26)27)21-24-19(13-8-15-4-9-17(23)10-5-15)20(30-21)14-16-6-11-18(12-7-16)31(2,28)29/h4-7,9-12H,3,8,13-14,23H2,1-2H3,(H,26,27). The van der Waals surface area contributed by atoms with Crippen molar-refractivity contribution < 1.29 is 18.3 Å². The molecule has 31 heavy (non-hydrogen) atoms. The number of nitrogen functional groups attached to an aromatic ring is 1. The van der Waals surface area contributed by atoms with Crippen molar-refractivity contribution >= 4 is 38.1 Å². The van der Waals surface area contributed by atoms with E-state index in [0.29, 0.717) is 30.2 Å². The van der Waals surface area contributed by atoms with Crippen LogP contribution in [-0.2, 0) is 29.1 Å². The maximum atomic E-state index is 11.7. The number of nitrogens with two attached hydrogens (primary N) is 1. The van der Waals surface area contributed by atoms with Gasteiger partial charge in [0.05, 0.1) is 10.6 Å². The lowest BCUT2D eigenvalue weighted by molar-refractivity contribution is 0.202. The minimum absolute atomic E-state index is 0.271. The highest BCUT2D eigenvalue weighted by Crippen LogP contribution is 2.30. The molecule has 0 saturated heterocycles. The number of nitrogens with zero attached hydrogens (tertiary/aromatic N) is 2. The van der Waals surface area contributed by atoms with Gasteiger partial charge in [-0.1, -0.05) is 24.3 Å². The lowest BCUT2D eigenvalue weighted by Crippen LogP contribution is -2.28. The van der Waals surface area contributed by atoms with Gasteiger partial charge in [-0.05, 0) is 55.2 Å². The van der Waals surface area contributed by atoms with Crippen molar-refractivity contribution in [3.63, 3.8) is 0 Å². The Morgan fingerprint density at radius 2 is 1.68 bits per heavy atom. The Bertz CT molecular complexity index is 1150. The summed E-state index contributed by atoms with van der Waals surface area (Å²) in [6.45, 7) is 2.08. The van der Waals surface area contributed by atoms with E-state index in [1.165, 1.54) is 22.5 Å². The summed E-state index contributed by atoms with van der Waals surface area (Å²) >= 11 is 1.36. The molecule has 0 saturated carbocycles. The molecule has 0 fully saturated rings. The molecule has 0 spiro atoms. The van der Waals surface area contributed by atoms with Crippen molar-refractivity contribution in [3.05, 3.63) is 70.2 Å². The Morgan fingerprint density at radius 3 is 2.23 bits per heavy atom. The summed E-state index contributed by atoms with van der Waals surface area (Å²) in [6.07, 6.45) is 2.11. The highest BCUT2D eigenvalue weighted by molar-refractivity contribution is 7.90. The third kappa shape index (κ3) is 5.83. The Kier molecular flexibility index (Phi) is 6.97. The number of rotatable bonds is 8. The molecule has 1 heterocycles. The molecule has 0 aliphatic heterocycles. The maximum Gasteiger partial charge on any atom is 0.413 e. The maximum absolute atomic E-state index is 11.7. The second kappa shape index (κ2) is 9.49. The van der Waals surface area contributed by atoms with Crippen molar-refractivity contribution in [2.45, 2.75) is 31.1 Å². The van der Waals surface area contributed by atoms with Gasteiger partial charge in [0.15, 0.2) is 15.0 Å². The first-order valence-electron chi connectivity index (χ1n) is 9.80. The van der Waals surface area contributed by atoms with Gasteiger partial charge in [-0.15, -0.1) is 11.3 Å². The molecule has 164 valence electrons. The third-order valence-electron chi connectivity index (χ3n) is 4.89. The highest BCUT2D eigenvalue weighted by Gasteiger charge is 2.20. The highest BCUT2D eigenvalue weighted by atomic mass is 32.2. The van der Waals surface area contributed by atoms with E-state index in [2.05, 4.69) is 4.98 Å². The Labute approximate surface area is 186 Å². The molecule has 1 aromatic heterocycles. The average molecular weight is 460 g/mol. The van der Waals surface area contributed by atoms with E-state index < -0.39 is 15.9 Å². The summed E-state index contributed by atoms with van der Waals surface area (Å²) in [6, 6.07) is 14.4. The van der Waals surface area contributed by atoms with E-state index in [9.17, 15) is 18.3 Å². The number of hydrogen-bond donors (Lipinski definition) is 2. The van der Waals surface area contributed by atoms with E-state index in [0.717, 1.165) is 28.1 Å². The van der Waals surface area contributed by atoms with Gasteiger partial charge in [0.1, 0.15) is 0 Å². The number of hydrogen-bond acceptors (Lipinski definition) is 6. The third-order valence-corrected chi connectivity index (χ3v) is 7.14. The predicted molar refractivity (Wildman–Crippen MR) is 124 cm³/mol. The summed E-state index contributed by atoms with van der Waals surface area (Å²) < 4.78 is 23.4. The van der Waals surface area contributed by atoms with Gasteiger partial charge in [-0.25, -0.2) is 18.2 Å². The van der Waals surface area contributed by atoms with Crippen molar-refractivity contribution in [1.29, 1.82) is 0 Å². The van der Waals surface area contributed by atoms with Crippen LogP contribution in [0, 0.1) is 0 Å². The topological polar surface area (TPSA) is 114 Å². The molecule has 0 aliphatic carbocycles. The minimum Gasteiger partial charge on any atom is -0.465 e. The predicted octanol–water partition coefficient (Wildman–Crippen LogP) is 4.01. The summed E-state index contributed by atoms with van der Waals surface area (Å²) in [7, 11) is -3.25. The Hall–Kier alpha value is -2.91. The second-order valence-corrected chi connectivity index (χ2v) is 10.3. The smallest absolute Gasteiger partial charge is 0.413 e. The normalized spacial score (nSPS) is 11.4. The van der Waals surface area contributed by atoms with Crippen LogP contribution in [0.25, 0.3) is 0 Å². The molecular weight excluding hydrogens is 434 g/mol. The fourth-order valence-corrected chi connectivity index (χ4v) is 4.99. The molecule has 3 rings (SSSR count). The van der Waals surface area contributed by atoms with Crippen molar-refractivity contribution in [3.8, 4) is 0 Å². The van der Waals surface area contributed by atoms with Gasteiger partial charge < -0.3 is 10.8 Å². The van der Waals surface area contributed by atoms with Gasteiger partial charge in [-0.3, -0.25) is 4.90 Å². The van der Waals surface area contributed by atoms with Crippen LogP contribution in [0.5, 0.6) is 0 Å². The summed E-state index contributed by atoms with van der Waals surface area (Å²) in [5, 5.41) is 9.93. The SMILES string of the molecule is CCN(C(=O)O)c1nc(CCc2ccc(N)cc2)c(Cc2ccc(S(C)(=O)=O)cc2)s1. The van der Waals surface area contributed by atoms with Crippen LogP contribution in [0.1, 0.15) is 28.6 Å². The number of amides is 1. The molecule has 7 nitrogen and oxygen atoms in total. The fourth-order valence-electron chi connectivity index (χ4n) is 3.16. The van der Waals surface area contributed by atoms with Crippen LogP contribution in [-0.4, -0.2) is 37.4 Å². The lowest BCUT2D eigenvalue weighted by atomic mass is 10.0. The van der Waals surface area contributed by atoms with E-state index >= 15 is 0 Å². The molecular formula is C22H25N3O4S2. The summed E-state index contributed by atoms with van der Waals surface area (Å²) in [5.41, 5.74) is 9.37. The molecule has 0 bridgehead atoms. The van der Waals surface area contributed by atoms with Crippen LogP contribution in [0.2, 0.25) is 0 Å². The molecule has 9 heteroatoms. The Balaban J connectivity index is 1.87. The van der Waals surface area contributed by atoms with Crippen molar-refractivity contribution in [1.82, 2.24) is 4.98 Å². The van der Waals surface area contributed by atoms with Crippen LogP contribution >= 0.6 is 11.3 Å². The van der Waals surface area contributed by atoms with E-state index in [-0.39, 0.29) is 4.90 Å². The van der Waals surface area contributed by atoms with Crippen LogP contribution in [0.4, 0.5) is 15.6 Å². The summed E-state index contributed by atoms with van der Waals surface area (Å²) in [4.78, 5) is 18.7. The zero-order chi connectivity index (χ0) is 22.6. The fraction of sp³-hybridized carbons (Fsp3) is 0.273. The molecule has 2 aromatic carbocycles. The minimum atomic E-state index is -3.25. The number of aryl methyl sites for hydroxylation is 2. The van der Waals surface area contributed by atoms with Crippen molar-refractivity contribution in [2.75, 3.05) is 23.4 Å². The van der Waals surface area contributed by atoms with Gasteiger partial charge >= 0.3 is 6.09 Å². The number of aromatic nitrogens is 1. The zero-order valence-corrected chi connectivity index (χ0v) is 19.0. The second-order valence-electron chi connectivity index (χ2n) is 7.23. The number of anilines is 2. The Morgan fingerprint density at radius 1 is 1.06 bits per heavy atom. The van der Waals surface area contributed by atoms with Gasteiger partial charge in [0.25, 0.3) is 0 Å².